The highest BCUT2D eigenvalue weighted by molar-refractivity contribution is 6.23. The highest BCUT2D eigenvalue weighted by atomic mass is 15.0. The smallest absolute Gasteiger partial charge is 0.164 e. The van der Waals surface area contributed by atoms with Crippen LogP contribution in [0.5, 0.6) is 0 Å². The van der Waals surface area contributed by atoms with Crippen LogP contribution < -0.4 is 0 Å². The molecule has 0 aliphatic rings. The van der Waals surface area contributed by atoms with Crippen molar-refractivity contribution in [3.8, 4) is 45.3 Å². The van der Waals surface area contributed by atoms with E-state index in [1.54, 1.807) is 0 Å². The summed E-state index contributed by atoms with van der Waals surface area (Å²) >= 11 is 0. The van der Waals surface area contributed by atoms with Gasteiger partial charge in [-0.2, -0.15) is 0 Å². The zero-order valence-electron chi connectivity index (χ0n) is 27.4. The van der Waals surface area contributed by atoms with Crippen molar-refractivity contribution in [3.63, 3.8) is 0 Å². The number of nitrogens with zero attached hydrogens (tertiary/aromatic N) is 3. The maximum Gasteiger partial charge on any atom is 0.164 e. The number of aryl methyl sites for hydroxylation is 5. The predicted molar refractivity (Wildman–Crippen MR) is 198 cm³/mol. The van der Waals surface area contributed by atoms with Crippen LogP contribution >= 0.6 is 0 Å². The third-order valence-electron chi connectivity index (χ3n) is 9.45. The van der Waals surface area contributed by atoms with E-state index in [1.165, 1.54) is 43.6 Å². The van der Waals surface area contributed by atoms with Gasteiger partial charge in [0.05, 0.1) is 0 Å². The summed E-state index contributed by atoms with van der Waals surface area (Å²) in [6, 6.07) is 43.5. The van der Waals surface area contributed by atoms with E-state index in [9.17, 15) is 0 Å². The molecular formula is C44H35N3. The van der Waals surface area contributed by atoms with Gasteiger partial charge < -0.3 is 0 Å². The average molecular weight is 606 g/mol. The second kappa shape index (κ2) is 11.3. The molecule has 8 aromatic rings. The second-order valence-electron chi connectivity index (χ2n) is 12.7. The van der Waals surface area contributed by atoms with Gasteiger partial charge in [0, 0.05) is 16.7 Å². The maximum absolute atomic E-state index is 5.29. The van der Waals surface area contributed by atoms with Gasteiger partial charge in [-0.05, 0) is 112 Å². The summed E-state index contributed by atoms with van der Waals surface area (Å²) in [6.07, 6.45) is 0. The second-order valence-corrected chi connectivity index (χ2v) is 12.7. The van der Waals surface area contributed by atoms with Crippen molar-refractivity contribution in [1.82, 2.24) is 15.0 Å². The van der Waals surface area contributed by atoms with Crippen molar-refractivity contribution in [2.45, 2.75) is 34.6 Å². The van der Waals surface area contributed by atoms with Gasteiger partial charge in [-0.25, -0.2) is 15.0 Å². The van der Waals surface area contributed by atoms with Gasteiger partial charge in [0.2, 0.25) is 0 Å². The first kappa shape index (κ1) is 28.8. The van der Waals surface area contributed by atoms with Crippen LogP contribution in [-0.2, 0) is 0 Å². The molecule has 8 rings (SSSR count). The minimum atomic E-state index is 0.682. The number of fused-ring (bicyclic) bond motifs is 5. The summed E-state index contributed by atoms with van der Waals surface area (Å²) in [6.45, 7) is 10.7. The first-order chi connectivity index (χ1) is 22.9. The van der Waals surface area contributed by atoms with Gasteiger partial charge in [0.15, 0.2) is 17.5 Å². The van der Waals surface area contributed by atoms with E-state index in [1.807, 2.05) is 0 Å². The lowest BCUT2D eigenvalue weighted by Crippen LogP contribution is -2.04. The van der Waals surface area contributed by atoms with Gasteiger partial charge >= 0.3 is 0 Å². The molecule has 0 N–H and O–H groups in total. The van der Waals surface area contributed by atoms with Crippen LogP contribution in [0.2, 0.25) is 0 Å². The SMILES string of the molecule is Cc1cc(C)c(-c2nc(-c3c(C)cccc3C)nc(-c3cc4c5ccccc5c(-c5ccccc5)cc4c4ccccc34)n2)c(C)c1. The van der Waals surface area contributed by atoms with Crippen molar-refractivity contribution in [1.29, 1.82) is 0 Å². The molecule has 0 unspecified atom stereocenters. The zero-order chi connectivity index (χ0) is 32.2. The Bertz CT molecular complexity index is 2470. The van der Waals surface area contributed by atoms with E-state index in [2.05, 4.69) is 156 Å². The lowest BCUT2D eigenvalue weighted by atomic mass is 9.89. The molecular weight excluding hydrogens is 571 g/mol. The van der Waals surface area contributed by atoms with Crippen LogP contribution in [0.3, 0.4) is 0 Å². The fourth-order valence-corrected chi connectivity index (χ4v) is 7.41. The van der Waals surface area contributed by atoms with Crippen LogP contribution in [0.15, 0.2) is 121 Å². The summed E-state index contributed by atoms with van der Waals surface area (Å²) < 4.78 is 0. The molecule has 7 aromatic carbocycles. The number of hydrogen-bond acceptors (Lipinski definition) is 3. The molecule has 226 valence electrons. The number of rotatable bonds is 4. The molecule has 0 bridgehead atoms. The van der Waals surface area contributed by atoms with E-state index in [4.69, 9.17) is 15.0 Å². The minimum absolute atomic E-state index is 0.682. The molecule has 0 fully saturated rings. The molecule has 0 radical (unpaired) electrons. The Morgan fingerprint density at radius 3 is 1.36 bits per heavy atom. The molecule has 47 heavy (non-hydrogen) atoms. The Morgan fingerprint density at radius 2 is 0.787 bits per heavy atom. The summed E-state index contributed by atoms with van der Waals surface area (Å²) in [7, 11) is 0. The van der Waals surface area contributed by atoms with Gasteiger partial charge in [-0.15, -0.1) is 0 Å². The Hall–Kier alpha value is -5.67. The molecule has 3 heteroatoms. The van der Waals surface area contributed by atoms with Crippen molar-refractivity contribution in [3.05, 3.63) is 149 Å². The Morgan fingerprint density at radius 1 is 0.340 bits per heavy atom. The largest absolute Gasteiger partial charge is 0.208 e. The van der Waals surface area contributed by atoms with Crippen molar-refractivity contribution < 1.29 is 0 Å². The van der Waals surface area contributed by atoms with Crippen LogP contribution in [-0.4, -0.2) is 15.0 Å². The predicted octanol–water partition coefficient (Wildman–Crippen LogP) is 11.5. The summed E-state index contributed by atoms with van der Waals surface area (Å²) in [5.41, 5.74) is 11.4. The highest BCUT2D eigenvalue weighted by Crippen LogP contribution is 2.42. The van der Waals surface area contributed by atoms with Crippen LogP contribution in [0.1, 0.15) is 27.8 Å². The van der Waals surface area contributed by atoms with Gasteiger partial charge in [-0.1, -0.05) is 115 Å². The van der Waals surface area contributed by atoms with Gasteiger partial charge in [-0.3, -0.25) is 0 Å². The lowest BCUT2D eigenvalue weighted by molar-refractivity contribution is 1.06. The van der Waals surface area contributed by atoms with E-state index in [-0.39, 0.29) is 0 Å². The third-order valence-corrected chi connectivity index (χ3v) is 9.45. The summed E-state index contributed by atoms with van der Waals surface area (Å²) in [5.74, 6) is 2.09. The standard InChI is InChI=1S/C44H35N3/c1-26-22-29(4)41(30(5)23-26)44-46-42(45-43(47-44)40-27(2)14-13-15-28(40)3)39-25-38-33-19-10-9-18-32(33)36(31-16-7-6-8-17-31)24-37(38)34-20-11-12-21-35(34)39/h6-25H,1-5H3. The highest BCUT2D eigenvalue weighted by Gasteiger charge is 2.20. The minimum Gasteiger partial charge on any atom is -0.208 e. The van der Waals surface area contributed by atoms with E-state index in [0.29, 0.717) is 17.5 Å². The molecule has 0 aliphatic heterocycles. The lowest BCUT2D eigenvalue weighted by Gasteiger charge is -2.17. The monoisotopic (exact) mass is 605 g/mol. The first-order valence-electron chi connectivity index (χ1n) is 16.2. The topological polar surface area (TPSA) is 38.7 Å². The molecule has 0 atom stereocenters. The fraction of sp³-hybridized carbons (Fsp3) is 0.114. The molecule has 1 aromatic heterocycles. The molecule has 3 nitrogen and oxygen atoms in total. The Kier molecular flexibility index (Phi) is 6.91. The van der Waals surface area contributed by atoms with Gasteiger partial charge in [0.1, 0.15) is 0 Å². The molecule has 1 heterocycles. The Balaban J connectivity index is 1.49. The molecule has 0 aliphatic carbocycles. The molecule has 0 saturated carbocycles. The third kappa shape index (κ3) is 4.87. The number of benzene rings is 7. The van der Waals surface area contributed by atoms with Crippen LogP contribution in [0.4, 0.5) is 0 Å². The average Bonchev–Trinajstić information content (AvgIpc) is 3.07. The van der Waals surface area contributed by atoms with E-state index in [0.717, 1.165) is 44.3 Å². The zero-order valence-corrected chi connectivity index (χ0v) is 27.4. The fourth-order valence-electron chi connectivity index (χ4n) is 7.41. The van der Waals surface area contributed by atoms with Crippen molar-refractivity contribution in [2.24, 2.45) is 0 Å². The quantitative estimate of drug-likeness (QED) is 0.187. The number of hydrogen-bond donors (Lipinski definition) is 0. The van der Waals surface area contributed by atoms with E-state index < -0.39 is 0 Å². The number of aromatic nitrogens is 3. The van der Waals surface area contributed by atoms with Crippen molar-refractivity contribution >= 4 is 32.3 Å². The summed E-state index contributed by atoms with van der Waals surface area (Å²) in [5, 5.41) is 7.15. The normalized spacial score (nSPS) is 11.5. The molecule has 0 amide bonds. The van der Waals surface area contributed by atoms with Crippen LogP contribution in [0.25, 0.3) is 77.6 Å². The summed E-state index contributed by atoms with van der Waals surface area (Å²) in [4.78, 5) is 15.8. The first-order valence-corrected chi connectivity index (χ1v) is 16.2. The van der Waals surface area contributed by atoms with Crippen LogP contribution in [0, 0.1) is 34.6 Å². The molecule has 0 saturated heterocycles. The Labute approximate surface area is 275 Å². The maximum atomic E-state index is 5.29. The molecule has 0 spiro atoms. The van der Waals surface area contributed by atoms with E-state index >= 15 is 0 Å². The van der Waals surface area contributed by atoms with Crippen molar-refractivity contribution in [2.75, 3.05) is 0 Å². The van der Waals surface area contributed by atoms with Gasteiger partial charge in [0.25, 0.3) is 0 Å².